The third-order valence-corrected chi connectivity index (χ3v) is 3.44. The predicted octanol–water partition coefficient (Wildman–Crippen LogP) is 1.82. The van der Waals surface area contributed by atoms with Crippen molar-refractivity contribution in [2.45, 2.75) is 32.2 Å². The van der Waals surface area contributed by atoms with Crippen molar-refractivity contribution in [2.75, 3.05) is 27.2 Å². The zero-order valence-electron chi connectivity index (χ0n) is 13.7. The Kier molecular flexibility index (Phi) is 7.40. The van der Waals surface area contributed by atoms with Crippen LogP contribution in [-0.2, 0) is 4.79 Å². The average molecular weight is 291 g/mol. The molecule has 1 aromatic rings. The van der Waals surface area contributed by atoms with Gasteiger partial charge in [-0.2, -0.15) is 0 Å². The summed E-state index contributed by atoms with van der Waals surface area (Å²) < 4.78 is 0. The Morgan fingerprint density at radius 1 is 1.24 bits per heavy atom. The minimum Gasteiger partial charge on any atom is -0.352 e. The van der Waals surface area contributed by atoms with Crippen molar-refractivity contribution in [1.29, 1.82) is 0 Å². The zero-order chi connectivity index (χ0) is 15.8. The molecule has 0 spiro atoms. The quantitative estimate of drug-likeness (QED) is 0.768. The van der Waals surface area contributed by atoms with Crippen molar-refractivity contribution in [2.24, 2.45) is 11.7 Å². The molecule has 0 aliphatic heterocycles. The number of carbonyl (C=O) groups excluding carboxylic acids is 1. The van der Waals surface area contributed by atoms with E-state index in [1.165, 1.54) is 0 Å². The van der Waals surface area contributed by atoms with Gasteiger partial charge in [0.25, 0.3) is 0 Å². The molecule has 0 aliphatic rings. The van der Waals surface area contributed by atoms with Gasteiger partial charge in [0.05, 0.1) is 5.92 Å². The predicted molar refractivity (Wildman–Crippen MR) is 88.2 cm³/mol. The second-order valence-corrected chi connectivity index (χ2v) is 6.30. The lowest BCUT2D eigenvalue weighted by molar-refractivity contribution is -0.123. The Hall–Kier alpha value is -1.39. The number of likely N-dealkylation sites (N-methyl/N-ethyl adjacent to an activating group) is 1. The van der Waals surface area contributed by atoms with E-state index in [0.717, 1.165) is 18.5 Å². The van der Waals surface area contributed by atoms with Crippen LogP contribution in [0.15, 0.2) is 30.3 Å². The molecule has 2 unspecified atom stereocenters. The molecule has 0 aromatic heterocycles. The van der Waals surface area contributed by atoms with Crippen LogP contribution in [0.1, 0.15) is 31.7 Å². The highest BCUT2D eigenvalue weighted by atomic mass is 16.2. The van der Waals surface area contributed by atoms with Gasteiger partial charge in [-0.3, -0.25) is 4.79 Å². The highest BCUT2D eigenvalue weighted by Crippen LogP contribution is 2.15. The van der Waals surface area contributed by atoms with Gasteiger partial charge in [0.15, 0.2) is 0 Å². The number of rotatable bonds is 8. The summed E-state index contributed by atoms with van der Waals surface area (Å²) in [5.41, 5.74) is 6.79. The van der Waals surface area contributed by atoms with Crippen LogP contribution in [0.25, 0.3) is 0 Å². The number of carbonyl (C=O) groups is 1. The lowest BCUT2D eigenvalue weighted by Crippen LogP contribution is -2.45. The second-order valence-electron chi connectivity index (χ2n) is 6.30. The van der Waals surface area contributed by atoms with E-state index >= 15 is 0 Å². The molecule has 2 atom stereocenters. The molecule has 1 rings (SSSR count). The number of nitrogens with two attached hydrogens (primary N) is 1. The average Bonchev–Trinajstić information content (AvgIpc) is 2.39. The largest absolute Gasteiger partial charge is 0.352 e. The van der Waals surface area contributed by atoms with Crippen molar-refractivity contribution in [1.82, 2.24) is 10.2 Å². The first-order valence-corrected chi connectivity index (χ1v) is 7.64. The summed E-state index contributed by atoms with van der Waals surface area (Å²) in [6, 6.07) is 9.90. The van der Waals surface area contributed by atoms with Gasteiger partial charge in [-0.05, 0) is 32.0 Å². The summed E-state index contributed by atoms with van der Waals surface area (Å²) in [6.07, 6.45) is 0.968. The normalized spacial score (nSPS) is 14.2. The molecule has 0 saturated carbocycles. The molecule has 0 fully saturated rings. The summed E-state index contributed by atoms with van der Waals surface area (Å²) in [7, 11) is 4.05. The van der Waals surface area contributed by atoms with Crippen LogP contribution >= 0.6 is 0 Å². The van der Waals surface area contributed by atoms with Crippen molar-refractivity contribution in [3.05, 3.63) is 35.9 Å². The smallest absolute Gasteiger partial charge is 0.229 e. The minimum atomic E-state index is -0.275. The Balaban J connectivity index is 2.74. The van der Waals surface area contributed by atoms with E-state index < -0.39 is 0 Å². The number of hydrogen-bond donors (Lipinski definition) is 2. The third kappa shape index (κ3) is 6.27. The zero-order valence-corrected chi connectivity index (χ0v) is 13.7. The van der Waals surface area contributed by atoms with E-state index in [4.69, 9.17) is 5.73 Å². The van der Waals surface area contributed by atoms with Crippen molar-refractivity contribution < 1.29 is 4.79 Å². The number of nitrogens with one attached hydrogen (secondary N) is 1. The van der Waals surface area contributed by atoms with E-state index in [-0.39, 0.29) is 17.9 Å². The van der Waals surface area contributed by atoms with Gasteiger partial charge < -0.3 is 16.0 Å². The number of benzene rings is 1. The van der Waals surface area contributed by atoms with Gasteiger partial charge in [-0.15, -0.1) is 0 Å². The maximum atomic E-state index is 12.5. The van der Waals surface area contributed by atoms with E-state index in [1.54, 1.807) is 0 Å². The van der Waals surface area contributed by atoms with Crippen molar-refractivity contribution in [3.63, 3.8) is 0 Å². The summed E-state index contributed by atoms with van der Waals surface area (Å²) in [5, 5.41) is 3.17. The van der Waals surface area contributed by atoms with Gasteiger partial charge in [0.2, 0.25) is 5.91 Å². The van der Waals surface area contributed by atoms with Crippen molar-refractivity contribution >= 4 is 5.91 Å². The summed E-state index contributed by atoms with van der Waals surface area (Å²) >= 11 is 0. The topological polar surface area (TPSA) is 58.4 Å². The SMILES string of the molecule is CC(C)CC(CN(C)C)NC(=O)C(CN)c1ccccc1. The third-order valence-electron chi connectivity index (χ3n) is 3.44. The van der Waals surface area contributed by atoms with E-state index in [9.17, 15) is 4.79 Å². The fourth-order valence-electron chi connectivity index (χ4n) is 2.57. The van der Waals surface area contributed by atoms with Crippen LogP contribution in [0.2, 0.25) is 0 Å². The van der Waals surface area contributed by atoms with Gasteiger partial charge in [-0.25, -0.2) is 0 Å². The maximum Gasteiger partial charge on any atom is 0.229 e. The van der Waals surface area contributed by atoms with Gasteiger partial charge >= 0.3 is 0 Å². The fourth-order valence-corrected chi connectivity index (χ4v) is 2.57. The number of hydrogen-bond acceptors (Lipinski definition) is 3. The molecule has 0 bridgehead atoms. The standard InChI is InChI=1S/C17H29N3O/c1-13(2)10-15(12-20(3)4)19-17(21)16(11-18)14-8-6-5-7-9-14/h5-9,13,15-16H,10-12,18H2,1-4H3,(H,19,21). The van der Waals surface area contributed by atoms with Crippen LogP contribution in [0.3, 0.4) is 0 Å². The number of nitrogens with zero attached hydrogens (tertiary/aromatic N) is 1. The second kappa shape index (κ2) is 8.80. The highest BCUT2D eigenvalue weighted by Gasteiger charge is 2.22. The van der Waals surface area contributed by atoms with Crippen LogP contribution < -0.4 is 11.1 Å². The molecule has 118 valence electrons. The molecule has 1 aromatic carbocycles. The van der Waals surface area contributed by atoms with E-state index in [2.05, 4.69) is 24.1 Å². The molecular weight excluding hydrogens is 262 g/mol. The van der Waals surface area contributed by atoms with E-state index in [1.807, 2.05) is 44.4 Å². The molecule has 4 heteroatoms. The first-order chi connectivity index (χ1) is 9.93. The molecular formula is C17H29N3O. The monoisotopic (exact) mass is 291 g/mol. The molecule has 21 heavy (non-hydrogen) atoms. The summed E-state index contributed by atoms with van der Waals surface area (Å²) in [5.74, 6) is 0.294. The molecule has 0 saturated heterocycles. The van der Waals surface area contributed by atoms with Crippen LogP contribution in [0.5, 0.6) is 0 Å². The Bertz CT molecular complexity index is 407. The lowest BCUT2D eigenvalue weighted by atomic mass is 9.97. The maximum absolute atomic E-state index is 12.5. The van der Waals surface area contributed by atoms with Gasteiger partial charge in [0, 0.05) is 19.1 Å². The van der Waals surface area contributed by atoms with Crippen LogP contribution in [-0.4, -0.2) is 44.0 Å². The van der Waals surface area contributed by atoms with E-state index in [0.29, 0.717) is 12.5 Å². The molecule has 0 heterocycles. The fraction of sp³-hybridized carbons (Fsp3) is 0.588. The summed E-state index contributed by atoms with van der Waals surface area (Å²) in [6.45, 7) is 5.51. The van der Waals surface area contributed by atoms with Gasteiger partial charge in [0.1, 0.15) is 0 Å². The van der Waals surface area contributed by atoms with Crippen LogP contribution in [0.4, 0.5) is 0 Å². The molecule has 4 nitrogen and oxygen atoms in total. The number of amides is 1. The Morgan fingerprint density at radius 2 is 1.86 bits per heavy atom. The molecule has 3 N–H and O–H groups in total. The molecule has 0 aliphatic carbocycles. The van der Waals surface area contributed by atoms with Crippen molar-refractivity contribution in [3.8, 4) is 0 Å². The highest BCUT2D eigenvalue weighted by molar-refractivity contribution is 5.84. The summed E-state index contributed by atoms with van der Waals surface area (Å²) in [4.78, 5) is 14.6. The Labute approximate surface area is 128 Å². The molecule has 1 amide bonds. The van der Waals surface area contributed by atoms with Gasteiger partial charge in [-0.1, -0.05) is 44.2 Å². The minimum absolute atomic E-state index is 0.0243. The first kappa shape index (κ1) is 17.7. The first-order valence-electron chi connectivity index (χ1n) is 7.64. The van der Waals surface area contributed by atoms with Crippen LogP contribution in [0, 0.1) is 5.92 Å². The Morgan fingerprint density at radius 3 is 2.33 bits per heavy atom. The lowest BCUT2D eigenvalue weighted by Gasteiger charge is -2.26. The molecule has 0 radical (unpaired) electrons.